The Bertz CT molecular complexity index is 448. The van der Waals surface area contributed by atoms with Crippen molar-refractivity contribution in [1.82, 2.24) is 10.6 Å². The Morgan fingerprint density at radius 3 is 3.16 bits per heavy atom. The maximum atomic E-state index is 11.9. The fraction of sp³-hybridized carbons (Fsp3) is 0.462. The van der Waals surface area contributed by atoms with Crippen molar-refractivity contribution in [3.8, 4) is 5.75 Å². The third-order valence-corrected chi connectivity index (χ3v) is 3.33. The van der Waals surface area contributed by atoms with Crippen LogP contribution in [0.25, 0.3) is 0 Å². The van der Waals surface area contributed by atoms with Crippen LogP contribution in [0.2, 0.25) is 5.02 Å². The SMILES string of the molecule is COc1cccc(Cl)c1CNC(=O)C1COCCN1. The van der Waals surface area contributed by atoms with Crippen molar-refractivity contribution < 1.29 is 14.3 Å². The maximum Gasteiger partial charge on any atom is 0.239 e. The highest BCUT2D eigenvalue weighted by Gasteiger charge is 2.21. The number of amides is 1. The summed E-state index contributed by atoms with van der Waals surface area (Å²) in [6.45, 7) is 2.06. The van der Waals surface area contributed by atoms with E-state index >= 15 is 0 Å². The molecule has 0 saturated carbocycles. The first-order valence-electron chi connectivity index (χ1n) is 6.12. The lowest BCUT2D eigenvalue weighted by atomic mass is 10.2. The molecule has 1 saturated heterocycles. The van der Waals surface area contributed by atoms with Crippen LogP contribution in [0, 0.1) is 0 Å². The molecule has 104 valence electrons. The van der Waals surface area contributed by atoms with Crippen molar-refractivity contribution in [2.45, 2.75) is 12.6 Å². The van der Waals surface area contributed by atoms with Crippen molar-refractivity contribution in [1.29, 1.82) is 0 Å². The summed E-state index contributed by atoms with van der Waals surface area (Å²) in [6.07, 6.45) is 0. The van der Waals surface area contributed by atoms with E-state index in [2.05, 4.69) is 10.6 Å². The lowest BCUT2D eigenvalue weighted by Gasteiger charge is -2.23. The minimum absolute atomic E-state index is 0.0957. The molecule has 1 aromatic carbocycles. The van der Waals surface area contributed by atoms with E-state index in [1.165, 1.54) is 0 Å². The predicted molar refractivity (Wildman–Crippen MR) is 72.5 cm³/mol. The standard InChI is InChI=1S/C13H17ClN2O3/c1-18-12-4-2-3-10(14)9(12)7-16-13(17)11-8-19-6-5-15-11/h2-4,11,15H,5-8H2,1H3,(H,16,17). The molecule has 0 aromatic heterocycles. The second-order valence-corrected chi connectivity index (χ2v) is 4.63. The number of carbonyl (C=O) groups excluding carboxylic acids is 1. The number of halogens is 1. The van der Waals surface area contributed by atoms with Gasteiger partial charge in [-0.25, -0.2) is 0 Å². The van der Waals surface area contributed by atoms with Gasteiger partial charge in [0.25, 0.3) is 0 Å². The second kappa shape index (κ2) is 6.75. The summed E-state index contributed by atoms with van der Waals surface area (Å²) in [6, 6.07) is 5.09. The predicted octanol–water partition coefficient (Wildman–Crippen LogP) is 0.953. The van der Waals surface area contributed by atoms with Gasteiger partial charge in [-0.15, -0.1) is 0 Å². The lowest BCUT2D eigenvalue weighted by Crippen LogP contribution is -2.51. The summed E-state index contributed by atoms with van der Waals surface area (Å²) in [5, 5.41) is 6.51. The van der Waals surface area contributed by atoms with Crippen LogP contribution in [0.3, 0.4) is 0 Å². The van der Waals surface area contributed by atoms with Gasteiger partial charge in [-0.3, -0.25) is 4.79 Å². The van der Waals surface area contributed by atoms with Gasteiger partial charge >= 0.3 is 0 Å². The fourth-order valence-corrected chi connectivity index (χ4v) is 2.17. The molecule has 1 fully saturated rings. The molecule has 1 heterocycles. The fourth-order valence-electron chi connectivity index (χ4n) is 1.93. The van der Waals surface area contributed by atoms with Gasteiger partial charge in [0, 0.05) is 23.7 Å². The molecule has 2 rings (SSSR count). The Labute approximate surface area is 117 Å². The summed E-state index contributed by atoms with van der Waals surface area (Å²) in [7, 11) is 1.58. The van der Waals surface area contributed by atoms with Crippen LogP contribution in [0.1, 0.15) is 5.56 Å². The molecule has 1 aromatic rings. The number of nitrogens with one attached hydrogen (secondary N) is 2. The molecular weight excluding hydrogens is 268 g/mol. The van der Waals surface area contributed by atoms with Crippen molar-refractivity contribution in [3.05, 3.63) is 28.8 Å². The molecule has 0 bridgehead atoms. The molecule has 1 aliphatic rings. The number of methoxy groups -OCH3 is 1. The molecule has 2 N–H and O–H groups in total. The van der Waals surface area contributed by atoms with Crippen molar-refractivity contribution in [2.75, 3.05) is 26.9 Å². The summed E-state index contributed by atoms with van der Waals surface area (Å²) in [5.41, 5.74) is 0.775. The lowest BCUT2D eigenvalue weighted by molar-refractivity contribution is -0.126. The Morgan fingerprint density at radius 2 is 2.47 bits per heavy atom. The maximum absolute atomic E-state index is 11.9. The van der Waals surface area contributed by atoms with E-state index in [0.717, 1.165) is 5.56 Å². The summed E-state index contributed by atoms with van der Waals surface area (Å²) < 4.78 is 10.5. The molecule has 1 atom stereocenters. The van der Waals surface area contributed by atoms with Crippen LogP contribution in [0.15, 0.2) is 18.2 Å². The molecule has 1 unspecified atom stereocenters. The molecule has 0 radical (unpaired) electrons. The van der Waals surface area contributed by atoms with Gasteiger partial charge in [-0.05, 0) is 12.1 Å². The smallest absolute Gasteiger partial charge is 0.239 e. The van der Waals surface area contributed by atoms with Gasteiger partial charge in [-0.1, -0.05) is 17.7 Å². The van der Waals surface area contributed by atoms with E-state index < -0.39 is 0 Å². The van der Waals surface area contributed by atoms with Gasteiger partial charge in [0.1, 0.15) is 11.8 Å². The number of carbonyl (C=O) groups is 1. The minimum Gasteiger partial charge on any atom is -0.496 e. The average Bonchev–Trinajstić information content (AvgIpc) is 2.46. The minimum atomic E-state index is -0.303. The van der Waals surface area contributed by atoms with Crippen molar-refractivity contribution in [3.63, 3.8) is 0 Å². The van der Waals surface area contributed by atoms with Gasteiger partial charge in [0.05, 0.1) is 20.3 Å². The summed E-state index contributed by atoms with van der Waals surface area (Å²) in [5.74, 6) is 0.572. The van der Waals surface area contributed by atoms with E-state index in [9.17, 15) is 4.79 Å². The van der Waals surface area contributed by atoms with Crippen molar-refractivity contribution in [2.24, 2.45) is 0 Å². The van der Waals surface area contributed by atoms with Gasteiger partial charge in [0.15, 0.2) is 0 Å². The molecule has 19 heavy (non-hydrogen) atoms. The third-order valence-electron chi connectivity index (χ3n) is 2.97. The van der Waals surface area contributed by atoms with Crippen LogP contribution in [-0.2, 0) is 16.1 Å². The quantitative estimate of drug-likeness (QED) is 0.864. The summed E-state index contributed by atoms with van der Waals surface area (Å²) >= 11 is 6.11. The highest BCUT2D eigenvalue weighted by Crippen LogP contribution is 2.25. The zero-order valence-corrected chi connectivity index (χ0v) is 11.5. The van der Waals surface area contributed by atoms with Gasteiger partial charge in [0.2, 0.25) is 5.91 Å². The van der Waals surface area contributed by atoms with Gasteiger partial charge < -0.3 is 20.1 Å². The number of hydrogen-bond donors (Lipinski definition) is 2. The molecule has 6 heteroatoms. The number of benzene rings is 1. The largest absolute Gasteiger partial charge is 0.496 e. The number of ether oxygens (including phenoxy) is 2. The van der Waals surface area contributed by atoms with Crippen LogP contribution >= 0.6 is 11.6 Å². The monoisotopic (exact) mass is 284 g/mol. The van der Waals surface area contributed by atoms with Crippen LogP contribution < -0.4 is 15.4 Å². The molecule has 1 amide bonds. The number of morpholine rings is 1. The molecule has 1 aliphatic heterocycles. The highest BCUT2D eigenvalue weighted by atomic mass is 35.5. The van der Waals surface area contributed by atoms with E-state index in [1.807, 2.05) is 12.1 Å². The Morgan fingerprint density at radius 1 is 1.63 bits per heavy atom. The Hall–Kier alpha value is -1.30. The van der Waals surface area contributed by atoms with E-state index in [1.54, 1.807) is 13.2 Å². The normalized spacial score (nSPS) is 18.9. The first-order valence-corrected chi connectivity index (χ1v) is 6.50. The average molecular weight is 285 g/mol. The van der Waals surface area contributed by atoms with Crippen LogP contribution in [-0.4, -0.2) is 38.8 Å². The zero-order valence-electron chi connectivity index (χ0n) is 10.7. The van der Waals surface area contributed by atoms with Gasteiger partial charge in [-0.2, -0.15) is 0 Å². The van der Waals surface area contributed by atoms with Crippen molar-refractivity contribution >= 4 is 17.5 Å². The first-order chi connectivity index (χ1) is 9.22. The van der Waals surface area contributed by atoms with Crippen LogP contribution in [0.4, 0.5) is 0 Å². The highest BCUT2D eigenvalue weighted by molar-refractivity contribution is 6.31. The summed E-state index contributed by atoms with van der Waals surface area (Å²) in [4.78, 5) is 11.9. The number of rotatable bonds is 4. The van der Waals surface area contributed by atoms with E-state index in [-0.39, 0.29) is 11.9 Å². The Balaban J connectivity index is 1.96. The topological polar surface area (TPSA) is 59.6 Å². The molecule has 0 aliphatic carbocycles. The molecule has 0 spiro atoms. The second-order valence-electron chi connectivity index (χ2n) is 4.22. The van der Waals surface area contributed by atoms with E-state index in [4.69, 9.17) is 21.1 Å². The van der Waals surface area contributed by atoms with E-state index in [0.29, 0.717) is 37.1 Å². The van der Waals surface area contributed by atoms with Crippen LogP contribution in [0.5, 0.6) is 5.75 Å². The Kier molecular flexibility index (Phi) is 5.01. The third kappa shape index (κ3) is 3.59. The first kappa shape index (κ1) is 14.1. The number of hydrogen-bond acceptors (Lipinski definition) is 4. The zero-order chi connectivity index (χ0) is 13.7. The molecular formula is C13H17ClN2O3. The molecule has 5 nitrogen and oxygen atoms in total.